The summed E-state index contributed by atoms with van der Waals surface area (Å²) in [5.74, 6) is 0. The average molecular weight is 332 g/mol. The maximum Gasteiger partial charge on any atom is 0 e. The number of hydrogen-bond donors (Lipinski definition) is 0. The van der Waals surface area contributed by atoms with Crippen LogP contribution < -0.4 is 0 Å². The van der Waals surface area contributed by atoms with Gasteiger partial charge in [0, 0.05) is 69.3 Å². The molecular formula is H3CaNaNbYb. The van der Waals surface area contributed by atoms with Crippen molar-refractivity contribution in [2.24, 2.45) is 0 Å². The van der Waals surface area contributed by atoms with E-state index >= 15 is 0 Å². The standard InChI is InChI=1S/Ca.Na.Nb.Yb.3H. The quantitative estimate of drug-likeness (QED) is 0.471. The molecule has 1 radical (unpaired) electrons. The van der Waals surface area contributed by atoms with Crippen LogP contribution in [-0.2, 0) is 22.4 Å². The minimum absolute atomic E-state index is 0. The van der Waals surface area contributed by atoms with E-state index in [4.69, 9.17) is 0 Å². The average Bonchev–Trinajstić information content (AvgIpc) is 0. The second kappa shape index (κ2) is 15.6. The van der Waals surface area contributed by atoms with Gasteiger partial charge in [-0.2, -0.15) is 0 Å². The molecule has 0 aliphatic carbocycles. The summed E-state index contributed by atoms with van der Waals surface area (Å²) in [5.41, 5.74) is 0. The summed E-state index contributed by atoms with van der Waals surface area (Å²) < 4.78 is 0. The van der Waals surface area contributed by atoms with Gasteiger partial charge in [-0.15, -0.1) is 0 Å². The van der Waals surface area contributed by atoms with E-state index in [0.717, 1.165) is 0 Å². The monoisotopic (exact) mass is 333 g/mol. The van der Waals surface area contributed by atoms with E-state index < -0.39 is 0 Å². The van der Waals surface area contributed by atoms with Crippen LogP contribution in [0.1, 0.15) is 0 Å². The fraction of sp³-hybridized carbons (Fsp3) is 0. The Morgan fingerprint density at radius 3 is 1.00 bits per heavy atom. The molecule has 0 aromatic carbocycles. The Hall–Kier alpha value is 4.52. The molecule has 0 spiro atoms. The zero-order valence-electron chi connectivity index (χ0n) is 0.714. The first-order chi connectivity index (χ1) is 0. The molecule has 0 N–H and O–H groups in total. The van der Waals surface area contributed by atoms with Gasteiger partial charge in [-0.3, -0.25) is 0 Å². The largest absolute Gasteiger partial charge is 0 e. The van der Waals surface area contributed by atoms with Crippen LogP contribution in [0.3, 0.4) is 0 Å². The van der Waals surface area contributed by atoms with Crippen molar-refractivity contribution >= 4 is 67.3 Å². The molecule has 0 heterocycles. The first kappa shape index (κ1) is 23.6. The molecule has 4 heavy (non-hydrogen) atoms. The molecular weight excluding hydrogens is 329 g/mol. The van der Waals surface area contributed by atoms with E-state index in [1.165, 1.54) is 0 Å². The predicted molar refractivity (Wildman–Crippen MR) is 15.7 cm³/mol. The van der Waals surface area contributed by atoms with Gasteiger partial charge in [0.2, 0.25) is 0 Å². The molecule has 0 bridgehead atoms. The summed E-state index contributed by atoms with van der Waals surface area (Å²) in [4.78, 5) is 0. The van der Waals surface area contributed by atoms with Crippen LogP contribution in [0.4, 0.5) is 0 Å². The zero-order chi connectivity index (χ0) is 0. The van der Waals surface area contributed by atoms with Crippen molar-refractivity contribution in [1.29, 1.82) is 0 Å². The topological polar surface area (TPSA) is 0 Å². The molecule has 0 aliphatic rings. The van der Waals surface area contributed by atoms with Crippen LogP contribution in [0, 0.1) is 46.9 Å². The van der Waals surface area contributed by atoms with Crippen molar-refractivity contribution in [2.45, 2.75) is 0 Å². The summed E-state index contributed by atoms with van der Waals surface area (Å²) in [7, 11) is 0. The van der Waals surface area contributed by atoms with Crippen LogP contribution in [0.25, 0.3) is 0 Å². The van der Waals surface area contributed by atoms with Crippen molar-refractivity contribution in [3.63, 3.8) is 0 Å². The van der Waals surface area contributed by atoms with E-state index in [1.807, 2.05) is 0 Å². The third-order valence-corrected chi connectivity index (χ3v) is 0. The van der Waals surface area contributed by atoms with Crippen molar-refractivity contribution < 1.29 is 69.3 Å². The molecule has 0 saturated heterocycles. The number of rotatable bonds is 0. The Kier molecular flexibility index (Phi) is 92.3. The molecule has 0 rings (SSSR count). The molecule has 0 aliphatic heterocycles. The van der Waals surface area contributed by atoms with E-state index in [0.29, 0.717) is 0 Å². The van der Waals surface area contributed by atoms with Crippen molar-refractivity contribution in [2.75, 3.05) is 0 Å². The molecule has 0 saturated carbocycles. The summed E-state index contributed by atoms with van der Waals surface area (Å²) >= 11 is 0. The zero-order valence-corrected chi connectivity index (χ0v) is 4.63. The van der Waals surface area contributed by atoms with Crippen LogP contribution in [0.2, 0.25) is 0 Å². The van der Waals surface area contributed by atoms with Gasteiger partial charge in [0.05, 0.1) is 0 Å². The second-order valence-corrected chi connectivity index (χ2v) is 0. The van der Waals surface area contributed by atoms with Crippen LogP contribution in [-0.4, -0.2) is 67.3 Å². The Balaban J connectivity index is 0. The molecule has 0 amide bonds. The van der Waals surface area contributed by atoms with Gasteiger partial charge in [0.15, 0.2) is 0 Å². The maximum atomic E-state index is 0. The van der Waals surface area contributed by atoms with Gasteiger partial charge in [-0.25, -0.2) is 0 Å². The number of hydrogen-bond acceptors (Lipinski definition) is 0. The Labute approximate surface area is 132 Å². The van der Waals surface area contributed by atoms with Crippen LogP contribution in [0.5, 0.6) is 0 Å². The molecule has 0 atom stereocenters. The minimum Gasteiger partial charge on any atom is 0 e. The molecule has 0 unspecified atom stereocenters. The summed E-state index contributed by atoms with van der Waals surface area (Å²) in [6, 6.07) is 0. The van der Waals surface area contributed by atoms with Gasteiger partial charge in [-0.05, 0) is 0 Å². The smallest absolute Gasteiger partial charge is 0 e. The summed E-state index contributed by atoms with van der Waals surface area (Å²) in [6.07, 6.45) is 0. The van der Waals surface area contributed by atoms with Gasteiger partial charge < -0.3 is 0 Å². The third-order valence-electron chi connectivity index (χ3n) is 0. The fourth-order valence-corrected chi connectivity index (χ4v) is 0. The Morgan fingerprint density at radius 2 is 1.00 bits per heavy atom. The molecule has 0 nitrogen and oxygen atoms in total. The van der Waals surface area contributed by atoms with Gasteiger partial charge >= 0.3 is 67.3 Å². The van der Waals surface area contributed by atoms with Crippen molar-refractivity contribution in [1.82, 2.24) is 0 Å². The van der Waals surface area contributed by atoms with E-state index in [1.54, 1.807) is 0 Å². The van der Waals surface area contributed by atoms with Gasteiger partial charge in [0.25, 0.3) is 0 Å². The Bertz CT molecular complexity index is 8.00. The minimum atomic E-state index is 0. The van der Waals surface area contributed by atoms with E-state index in [2.05, 4.69) is 0 Å². The SMILES string of the molecule is [CaH2].[NaH].[Nb].[Yb]. The summed E-state index contributed by atoms with van der Waals surface area (Å²) in [5, 5.41) is 0. The Morgan fingerprint density at radius 1 is 1.00 bits per heavy atom. The van der Waals surface area contributed by atoms with Gasteiger partial charge in [-0.1, -0.05) is 0 Å². The van der Waals surface area contributed by atoms with Crippen molar-refractivity contribution in [3.05, 3.63) is 0 Å². The molecule has 0 fully saturated rings. The molecule has 25 valence electrons. The molecule has 4 heteroatoms. The normalized spacial score (nSPS) is 0. The van der Waals surface area contributed by atoms with Gasteiger partial charge in [0.1, 0.15) is 0 Å². The first-order valence-corrected chi connectivity index (χ1v) is 0. The first-order valence-electron chi connectivity index (χ1n) is 0. The predicted octanol–water partition coefficient (Wildman–Crippen LogP) is -1.57. The van der Waals surface area contributed by atoms with Crippen molar-refractivity contribution in [3.8, 4) is 0 Å². The second-order valence-electron chi connectivity index (χ2n) is 0. The van der Waals surface area contributed by atoms with E-state index in [9.17, 15) is 0 Å². The maximum absolute atomic E-state index is 0. The van der Waals surface area contributed by atoms with Crippen LogP contribution >= 0.6 is 0 Å². The third kappa shape index (κ3) is 9.72. The molecule has 0 aromatic heterocycles. The van der Waals surface area contributed by atoms with E-state index in [-0.39, 0.29) is 137 Å². The fourth-order valence-electron chi connectivity index (χ4n) is 0. The summed E-state index contributed by atoms with van der Waals surface area (Å²) in [6.45, 7) is 0. The molecule has 0 aromatic rings. The van der Waals surface area contributed by atoms with Crippen LogP contribution in [0.15, 0.2) is 0 Å².